The molecular formula is C15H18F6N2O2. The van der Waals surface area contributed by atoms with Gasteiger partial charge in [0.15, 0.2) is 0 Å². The normalized spacial score (nSPS) is 20.3. The van der Waals surface area contributed by atoms with Crippen LogP contribution < -0.4 is 4.74 Å². The molecule has 2 rings (SSSR count). The number of likely N-dealkylation sites (tertiary alicyclic amines) is 1. The van der Waals surface area contributed by atoms with Gasteiger partial charge in [-0.3, -0.25) is 4.98 Å². The second-order valence-electron chi connectivity index (χ2n) is 6.25. The molecule has 1 aromatic rings. The molecule has 1 aliphatic heterocycles. The second-order valence-corrected chi connectivity index (χ2v) is 6.25. The molecule has 0 bridgehead atoms. The maximum atomic E-state index is 13.0. The maximum absolute atomic E-state index is 13.0. The number of aliphatic hydroxyl groups is 1. The molecule has 1 unspecified atom stereocenters. The number of aromatic nitrogens is 1. The molecule has 0 aromatic carbocycles. The summed E-state index contributed by atoms with van der Waals surface area (Å²) in [5.74, 6) is -1.99. The van der Waals surface area contributed by atoms with E-state index in [1.807, 2.05) is 4.90 Å². The minimum Gasteiger partial charge on any atom is -0.404 e. The summed E-state index contributed by atoms with van der Waals surface area (Å²) in [6.07, 6.45) is -9.82. The van der Waals surface area contributed by atoms with Crippen molar-refractivity contribution in [3.05, 3.63) is 24.0 Å². The topological polar surface area (TPSA) is 45.6 Å². The van der Waals surface area contributed by atoms with E-state index < -0.39 is 36.2 Å². The molecule has 1 aliphatic rings. The maximum Gasteiger partial charge on any atom is 0.573 e. The second kappa shape index (κ2) is 6.99. The lowest BCUT2D eigenvalue weighted by atomic mass is 9.76. The summed E-state index contributed by atoms with van der Waals surface area (Å²) < 4.78 is 79.1. The molecule has 1 N–H and O–H groups in total. The first-order chi connectivity index (χ1) is 11.4. The van der Waals surface area contributed by atoms with Gasteiger partial charge in [-0.1, -0.05) is 0 Å². The van der Waals surface area contributed by atoms with E-state index in [0.29, 0.717) is 19.3 Å². The lowest BCUT2D eigenvalue weighted by Gasteiger charge is -2.42. The summed E-state index contributed by atoms with van der Waals surface area (Å²) >= 11 is 0. The first kappa shape index (κ1) is 19.8. The fourth-order valence-corrected chi connectivity index (χ4v) is 2.95. The standard InChI is InChI=1S/C15H18F6N2O2/c1-23-6-4-13(24,5-7-23)11(8-14(16,17)18)12-3-2-10(9-22-12)25-15(19,20)21/h2-3,9,11,24H,4-8H2,1H3. The van der Waals surface area contributed by atoms with E-state index in [9.17, 15) is 31.4 Å². The Bertz CT molecular complexity index is 565. The van der Waals surface area contributed by atoms with Crippen molar-refractivity contribution in [2.24, 2.45) is 0 Å². The van der Waals surface area contributed by atoms with Crippen LogP contribution in [0, 0.1) is 0 Å². The van der Waals surface area contributed by atoms with Crippen LogP contribution in [0.4, 0.5) is 26.3 Å². The quantitative estimate of drug-likeness (QED) is 0.823. The van der Waals surface area contributed by atoms with Crippen LogP contribution in [-0.4, -0.2) is 53.3 Å². The summed E-state index contributed by atoms with van der Waals surface area (Å²) in [6, 6.07) is 1.94. The number of piperidine rings is 1. The minimum absolute atomic E-state index is 0.112. The Labute approximate surface area is 140 Å². The zero-order valence-electron chi connectivity index (χ0n) is 13.4. The first-order valence-corrected chi connectivity index (χ1v) is 7.57. The predicted molar refractivity (Wildman–Crippen MR) is 76.0 cm³/mol. The van der Waals surface area contributed by atoms with Crippen molar-refractivity contribution in [2.45, 2.75) is 43.3 Å². The van der Waals surface area contributed by atoms with Gasteiger partial charge in [0, 0.05) is 24.7 Å². The lowest BCUT2D eigenvalue weighted by Crippen LogP contribution is -2.48. The van der Waals surface area contributed by atoms with Crippen LogP contribution in [0.25, 0.3) is 0 Å². The van der Waals surface area contributed by atoms with Crippen molar-refractivity contribution in [1.82, 2.24) is 9.88 Å². The van der Waals surface area contributed by atoms with Crippen LogP contribution in [0.5, 0.6) is 5.75 Å². The van der Waals surface area contributed by atoms with Crippen molar-refractivity contribution >= 4 is 0 Å². The molecule has 0 radical (unpaired) electrons. The van der Waals surface area contributed by atoms with E-state index in [2.05, 4.69) is 9.72 Å². The highest BCUT2D eigenvalue weighted by Gasteiger charge is 2.46. The first-order valence-electron chi connectivity index (χ1n) is 7.57. The number of alkyl halides is 6. The number of rotatable bonds is 4. The Kier molecular flexibility index (Phi) is 5.53. The van der Waals surface area contributed by atoms with Crippen LogP contribution in [0.1, 0.15) is 30.9 Å². The molecule has 1 fully saturated rings. The molecule has 0 aliphatic carbocycles. The van der Waals surface area contributed by atoms with Crippen LogP contribution >= 0.6 is 0 Å². The third-order valence-electron chi connectivity index (χ3n) is 4.29. The molecule has 1 aromatic heterocycles. The van der Waals surface area contributed by atoms with Crippen LogP contribution in [-0.2, 0) is 0 Å². The molecule has 25 heavy (non-hydrogen) atoms. The largest absolute Gasteiger partial charge is 0.573 e. The summed E-state index contributed by atoms with van der Waals surface area (Å²) in [5.41, 5.74) is -1.74. The fourth-order valence-electron chi connectivity index (χ4n) is 2.95. The van der Waals surface area contributed by atoms with Gasteiger partial charge in [-0.15, -0.1) is 13.2 Å². The fraction of sp³-hybridized carbons (Fsp3) is 0.667. The highest BCUT2D eigenvalue weighted by molar-refractivity contribution is 5.24. The van der Waals surface area contributed by atoms with Crippen LogP contribution in [0.15, 0.2) is 18.3 Å². The van der Waals surface area contributed by atoms with E-state index in [0.717, 1.165) is 12.1 Å². The van der Waals surface area contributed by atoms with Gasteiger partial charge in [0.25, 0.3) is 0 Å². The Morgan fingerprint density at radius 2 is 1.80 bits per heavy atom. The number of ether oxygens (including phenoxy) is 1. The molecule has 10 heteroatoms. The highest BCUT2D eigenvalue weighted by atomic mass is 19.4. The summed E-state index contributed by atoms with van der Waals surface area (Å²) in [7, 11) is 1.79. The Morgan fingerprint density at radius 1 is 1.20 bits per heavy atom. The van der Waals surface area contributed by atoms with Crippen molar-refractivity contribution in [2.75, 3.05) is 20.1 Å². The van der Waals surface area contributed by atoms with Crippen LogP contribution in [0.2, 0.25) is 0 Å². The Morgan fingerprint density at radius 3 is 2.24 bits per heavy atom. The zero-order valence-corrected chi connectivity index (χ0v) is 13.4. The predicted octanol–water partition coefficient (Wildman–Crippen LogP) is 3.47. The van der Waals surface area contributed by atoms with Crippen LogP contribution in [0.3, 0.4) is 0 Å². The van der Waals surface area contributed by atoms with Gasteiger partial charge in [0.2, 0.25) is 0 Å². The number of nitrogens with zero attached hydrogens (tertiary/aromatic N) is 2. The van der Waals surface area contributed by atoms with Crippen molar-refractivity contribution in [1.29, 1.82) is 0 Å². The minimum atomic E-state index is -4.92. The SMILES string of the molecule is CN1CCC(O)(C(CC(F)(F)F)c2ccc(OC(F)(F)F)cn2)CC1. The summed E-state index contributed by atoms with van der Waals surface area (Å²) in [5, 5.41) is 10.7. The highest BCUT2D eigenvalue weighted by Crippen LogP contribution is 2.43. The molecule has 1 saturated heterocycles. The third kappa shape index (κ3) is 5.74. The molecule has 0 spiro atoms. The smallest absolute Gasteiger partial charge is 0.404 e. The molecular weight excluding hydrogens is 354 g/mol. The number of hydrogen-bond donors (Lipinski definition) is 1. The molecule has 142 valence electrons. The van der Waals surface area contributed by atoms with Gasteiger partial charge in [-0.25, -0.2) is 0 Å². The average molecular weight is 372 g/mol. The Balaban J connectivity index is 2.26. The van der Waals surface area contributed by atoms with Gasteiger partial charge < -0.3 is 14.7 Å². The average Bonchev–Trinajstić information content (AvgIpc) is 2.47. The Hall–Kier alpha value is -1.55. The molecule has 1 atom stereocenters. The van der Waals surface area contributed by atoms with Gasteiger partial charge >= 0.3 is 12.5 Å². The molecule has 0 saturated carbocycles. The molecule has 2 heterocycles. The monoisotopic (exact) mass is 372 g/mol. The van der Waals surface area contributed by atoms with Crippen molar-refractivity contribution < 1.29 is 36.2 Å². The van der Waals surface area contributed by atoms with Gasteiger partial charge in [0.1, 0.15) is 5.75 Å². The molecule has 0 amide bonds. The number of hydrogen-bond acceptors (Lipinski definition) is 4. The number of pyridine rings is 1. The van der Waals surface area contributed by atoms with Crippen molar-refractivity contribution in [3.8, 4) is 5.75 Å². The third-order valence-corrected chi connectivity index (χ3v) is 4.29. The van der Waals surface area contributed by atoms with E-state index in [-0.39, 0.29) is 18.5 Å². The summed E-state index contributed by atoms with van der Waals surface area (Å²) in [6.45, 7) is 0.834. The van der Waals surface area contributed by atoms with Gasteiger partial charge in [-0.05, 0) is 32.0 Å². The van der Waals surface area contributed by atoms with E-state index in [1.54, 1.807) is 7.05 Å². The van der Waals surface area contributed by atoms with E-state index in [1.165, 1.54) is 0 Å². The van der Waals surface area contributed by atoms with E-state index in [4.69, 9.17) is 0 Å². The van der Waals surface area contributed by atoms with Gasteiger partial charge in [0.05, 0.1) is 18.2 Å². The summed E-state index contributed by atoms with van der Waals surface area (Å²) in [4.78, 5) is 5.57. The molecule has 4 nitrogen and oxygen atoms in total. The zero-order chi connectivity index (χ0) is 18.9. The lowest BCUT2D eigenvalue weighted by molar-refractivity contribution is -0.274. The van der Waals surface area contributed by atoms with Gasteiger partial charge in [-0.2, -0.15) is 13.2 Å². The van der Waals surface area contributed by atoms with Crippen molar-refractivity contribution in [3.63, 3.8) is 0 Å². The van der Waals surface area contributed by atoms with E-state index >= 15 is 0 Å². The number of halogens is 6.